The Hall–Kier alpha value is -0.790. The van der Waals surface area contributed by atoms with E-state index in [1.807, 2.05) is 18.7 Å². The van der Waals surface area contributed by atoms with E-state index in [0.29, 0.717) is 0 Å². The van der Waals surface area contributed by atoms with E-state index in [1.165, 1.54) is 12.8 Å². The summed E-state index contributed by atoms with van der Waals surface area (Å²) in [4.78, 5) is 13.7. The van der Waals surface area contributed by atoms with Crippen LogP contribution in [-0.4, -0.2) is 23.9 Å². The second kappa shape index (κ2) is 5.05. The number of rotatable bonds is 3. The monoisotopic (exact) mass is 181 g/mol. The predicted molar refractivity (Wildman–Crippen MR) is 54.5 cm³/mol. The van der Waals surface area contributed by atoms with Crippen molar-refractivity contribution in [3.8, 4) is 0 Å². The summed E-state index contributed by atoms with van der Waals surface area (Å²) in [5.41, 5.74) is 1.04. The van der Waals surface area contributed by atoms with Gasteiger partial charge in [-0.3, -0.25) is 4.79 Å². The van der Waals surface area contributed by atoms with E-state index in [0.717, 1.165) is 31.5 Å². The molecule has 0 N–H and O–H groups in total. The van der Waals surface area contributed by atoms with Crippen molar-refractivity contribution in [2.75, 3.05) is 13.1 Å². The average molecular weight is 181 g/mol. The normalized spacial score (nSPS) is 16.6. The minimum absolute atomic E-state index is 0.254. The summed E-state index contributed by atoms with van der Waals surface area (Å²) in [5, 5.41) is 0. The number of carbonyl (C=O) groups is 1. The molecule has 0 spiro atoms. The molecule has 1 rings (SSSR count). The zero-order valence-corrected chi connectivity index (χ0v) is 8.68. The van der Waals surface area contributed by atoms with Crippen molar-refractivity contribution in [2.24, 2.45) is 0 Å². The molecule has 0 radical (unpaired) electrons. The molecule has 74 valence electrons. The van der Waals surface area contributed by atoms with Crippen LogP contribution in [0.15, 0.2) is 11.6 Å². The molecule has 2 nitrogen and oxygen atoms in total. The largest absolute Gasteiger partial charge is 0.339 e. The molecule has 1 aliphatic rings. The van der Waals surface area contributed by atoms with Crippen molar-refractivity contribution in [3.05, 3.63) is 11.6 Å². The second-order valence-corrected chi connectivity index (χ2v) is 3.45. The lowest BCUT2D eigenvalue weighted by molar-refractivity contribution is -0.127. The third-order valence-corrected chi connectivity index (χ3v) is 2.62. The first-order valence-electron chi connectivity index (χ1n) is 5.27. The number of likely N-dealkylation sites (N-methyl/N-ethyl adjacent to an activating group) is 1. The van der Waals surface area contributed by atoms with E-state index in [4.69, 9.17) is 0 Å². The minimum Gasteiger partial charge on any atom is -0.339 e. The Bertz CT molecular complexity index is 204. The Morgan fingerprint density at radius 2 is 2.08 bits per heavy atom. The molecule has 0 atom stereocenters. The van der Waals surface area contributed by atoms with Gasteiger partial charge in [-0.15, -0.1) is 0 Å². The maximum atomic E-state index is 11.8. The van der Waals surface area contributed by atoms with Crippen molar-refractivity contribution < 1.29 is 4.79 Å². The third kappa shape index (κ3) is 2.58. The molecular weight excluding hydrogens is 162 g/mol. The van der Waals surface area contributed by atoms with Crippen LogP contribution in [0.4, 0.5) is 0 Å². The van der Waals surface area contributed by atoms with Crippen LogP contribution >= 0.6 is 0 Å². The molecule has 1 amide bonds. The number of amides is 1. The van der Waals surface area contributed by atoms with Gasteiger partial charge in [0, 0.05) is 18.7 Å². The van der Waals surface area contributed by atoms with Gasteiger partial charge in [-0.2, -0.15) is 0 Å². The molecule has 1 aliphatic carbocycles. The first-order chi connectivity index (χ1) is 6.29. The second-order valence-electron chi connectivity index (χ2n) is 3.45. The van der Waals surface area contributed by atoms with Crippen molar-refractivity contribution >= 4 is 5.91 Å². The Kier molecular flexibility index (Phi) is 4.00. The van der Waals surface area contributed by atoms with E-state index in [1.54, 1.807) is 0 Å². The SMILES string of the molecule is CCN(CC)C(=O)C1=CCCCC1. The van der Waals surface area contributed by atoms with E-state index in [9.17, 15) is 4.79 Å². The highest BCUT2D eigenvalue weighted by atomic mass is 16.2. The topological polar surface area (TPSA) is 20.3 Å². The van der Waals surface area contributed by atoms with Crippen LogP contribution in [0, 0.1) is 0 Å². The number of carbonyl (C=O) groups excluding carboxylic acids is 1. The van der Waals surface area contributed by atoms with Crippen LogP contribution < -0.4 is 0 Å². The van der Waals surface area contributed by atoms with Crippen molar-refractivity contribution in [2.45, 2.75) is 39.5 Å². The van der Waals surface area contributed by atoms with Gasteiger partial charge in [0.1, 0.15) is 0 Å². The molecule has 0 aliphatic heterocycles. The summed E-state index contributed by atoms with van der Waals surface area (Å²) in [6.45, 7) is 5.72. The first-order valence-corrected chi connectivity index (χ1v) is 5.27. The molecule has 2 heteroatoms. The van der Waals surface area contributed by atoms with E-state index in [2.05, 4.69) is 6.08 Å². The quantitative estimate of drug-likeness (QED) is 0.654. The van der Waals surface area contributed by atoms with E-state index in [-0.39, 0.29) is 5.91 Å². The fourth-order valence-corrected chi connectivity index (χ4v) is 1.75. The Labute approximate surface area is 80.6 Å². The lowest BCUT2D eigenvalue weighted by atomic mass is 9.98. The van der Waals surface area contributed by atoms with Crippen LogP contribution in [0.3, 0.4) is 0 Å². The van der Waals surface area contributed by atoms with Gasteiger partial charge in [0.2, 0.25) is 5.91 Å². The maximum absolute atomic E-state index is 11.8. The Morgan fingerprint density at radius 1 is 1.38 bits per heavy atom. The number of allylic oxidation sites excluding steroid dienone is 1. The van der Waals surface area contributed by atoms with E-state index >= 15 is 0 Å². The number of hydrogen-bond acceptors (Lipinski definition) is 1. The van der Waals surface area contributed by atoms with Crippen LogP contribution in [0.5, 0.6) is 0 Å². The maximum Gasteiger partial charge on any atom is 0.249 e. The third-order valence-electron chi connectivity index (χ3n) is 2.62. The molecule has 0 saturated carbocycles. The summed E-state index contributed by atoms with van der Waals surface area (Å²) < 4.78 is 0. The summed E-state index contributed by atoms with van der Waals surface area (Å²) >= 11 is 0. The summed E-state index contributed by atoms with van der Waals surface area (Å²) in [6.07, 6.45) is 6.61. The standard InChI is InChI=1S/C11H19NO/c1-3-12(4-2)11(13)10-8-6-5-7-9-10/h8H,3-7,9H2,1-2H3. The molecule has 0 heterocycles. The lowest BCUT2D eigenvalue weighted by Crippen LogP contribution is -2.32. The fraction of sp³-hybridized carbons (Fsp3) is 0.727. The van der Waals surface area contributed by atoms with Crippen LogP contribution in [0.2, 0.25) is 0 Å². The molecule has 0 bridgehead atoms. The molecule has 0 aromatic heterocycles. The summed E-state index contributed by atoms with van der Waals surface area (Å²) in [5.74, 6) is 0.254. The molecule has 0 aromatic carbocycles. The predicted octanol–water partition coefficient (Wildman–Crippen LogP) is 2.36. The Morgan fingerprint density at radius 3 is 2.54 bits per heavy atom. The van der Waals surface area contributed by atoms with Gasteiger partial charge in [0.05, 0.1) is 0 Å². The Balaban J connectivity index is 2.59. The minimum atomic E-state index is 0.254. The summed E-state index contributed by atoms with van der Waals surface area (Å²) in [6, 6.07) is 0. The average Bonchev–Trinajstić information content (AvgIpc) is 2.21. The first kappa shape index (κ1) is 10.3. The highest BCUT2D eigenvalue weighted by molar-refractivity contribution is 5.93. The van der Waals surface area contributed by atoms with Gasteiger partial charge in [0.15, 0.2) is 0 Å². The molecule has 0 aromatic rings. The van der Waals surface area contributed by atoms with Gasteiger partial charge in [0.25, 0.3) is 0 Å². The smallest absolute Gasteiger partial charge is 0.249 e. The highest BCUT2D eigenvalue weighted by Crippen LogP contribution is 2.19. The van der Waals surface area contributed by atoms with Gasteiger partial charge in [-0.25, -0.2) is 0 Å². The van der Waals surface area contributed by atoms with Gasteiger partial charge in [-0.05, 0) is 39.5 Å². The van der Waals surface area contributed by atoms with Crippen molar-refractivity contribution in [1.82, 2.24) is 4.90 Å². The van der Waals surface area contributed by atoms with Gasteiger partial charge >= 0.3 is 0 Å². The number of hydrogen-bond donors (Lipinski definition) is 0. The van der Waals surface area contributed by atoms with Crippen molar-refractivity contribution in [1.29, 1.82) is 0 Å². The van der Waals surface area contributed by atoms with Crippen LogP contribution in [-0.2, 0) is 4.79 Å². The van der Waals surface area contributed by atoms with Gasteiger partial charge in [-0.1, -0.05) is 6.08 Å². The van der Waals surface area contributed by atoms with Crippen LogP contribution in [0.1, 0.15) is 39.5 Å². The molecular formula is C11H19NO. The highest BCUT2D eigenvalue weighted by Gasteiger charge is 2.16. The van der Waals surface area contributed by atoms with Crippen molar-refractivity contribution in [3.63, 3.8) is 0 Å². The van der Waals surface area contributed by atoms with Gasteiger partial charge < -0.3 is 4.90 Å². The zero-order chi connectivity index (χ0) is 9.68. The molecule has 0 saturated heterocycles. The van der Waals surface area contributed by atoms with E-state index < -0.39 is 0 Å². The summed E-state index contributed by atoms with van der Waals surface area (Å²) in [7, 11) is 0. The molecule has 13 heavy (non-hydrogen) atoms. The number of nitrogens with zero attached hydrogens (tertiary/aromatic N) is 1. The zero-order valence-electron chi connectivity index (χ0n) is 8.68. The lowest BCUT2D eigenvalue weighted by Gasteiger charge is -2.22. The fourth-order valence-electron chi connectivity index (χ4n) is 1.75. The molecule has 0 unspecified atom stereocenters. The van der Waals surface area contributed by atoms with Crippen LogP contribution in [0.25, 0.3) is 0 Å². The molecule has 0 fully saturated rings.